The number of nitrogens with two attached hydrogens (primary N) is 1. The Kier molecular flexibility index (Phi) is 2.46. The highest BCUT2D eigenvalue weighted by Crippen LogP contribution is 2.34. The van der Waals surface area contributed by atoms with Gasteiger partial charge in [-0.2, -0.15) is 0 Å². The fourth-order valence-corrected chi connectivity index (χ4v) is 2.01. The summed E-state index contributed by atoms with van der Waals surface area (Å²) in [5.41, 5.74) is 8.60. The summed E-state index contributed by atoms with van der Waals surface area (Å²) in [5, 5.41) is 0. The third kappa shape index (κ3) is 1.48. The molecule has 1 aliphatic heterocycles. The lowest BCUT2D eigenvalue weighted by Gasteiger charge is -2.19. The molecule has 84 valence electrons. The van der Waals surface area contributed by atoms with Crippen LogP contribution in [0, 0.1) is 5.92 Å². The maximum absolute atomic E-state index is 12.1. The number of carbonyl (C=O) groups is 1. The molecule has 0 spiro atoms. The molecule has 0 atom stereocenters. The Bertz CT molecular complexity index is 463. The maximum atomic E-state index is 12.1. The lowest BCUT2D eigenvalue weighted by atomic mass is 10.1. The van der Waals surface area contributed by atoms with Gasteiger partial charge in [0, 0.05) is 23.5 Å². The first kappa shape index (κ1) is 10.7. The summed E-state index contributed by atoms with van der Waals surface area (Å²) in [7, 11) is 0. The van der Waals surface area contributed by atoms with Crippen molar-refractivity contribution in [3.8, 4) is 0 Å². The third-order valence-electron chi connectivity index (χ3n) is 2.74. The molecule has 0 fully saturated rings. The predicted molar refractivity (Wildman–Crippen MR) is 65.8 cm³/mol. The molecule has 3 nitrogen and oxygen atoms in total. The topological polar surface area (TPSA) is 46.3 Å². The highest BCUT2D eigenvalue weighted by atomic mass is 16.2. The van der Waals surface area contributed by atoms with Crippen molar-refractivity contribution in [2.24, 2.45) is 5.92 Å². The Morgan fingerprint density at radius 2 is 2.12 bits per heavy atom. The van der Waals surface area contributed by atoms with Gasteiger partial charge in [0.1, 0.15) is 0 Å². The number of nitrogen functional groups attached to an aromatic ring is 1. The van der Waals surface area contributed by atoms with Gasteiger partial charge in [0.05, 0.1) is 5.56 Å². The van der Waals surface area contributed by atoms with Crippen molar-refractivity contribution < 1.29 is 4.79 Å². The van der Waals surface area contributed by atoms with Gasteiger partial charge in [-0.3, -0.25) is 4.79 Å². The fourth-order valence-electron chi connectivity index (χ4n) is 2.01. The van der Waals surface area contributed by atoms with Crippen LogP contribution < -0.4 is 5.73 Å². The van der Waals surface area contributed by atoms with E-state index >= 15 is 0 Å². The van der Waals surface area contributed by atoms with Gasteiger partial charge in [-0.25, -0.2) is 0 Å². The number of rotatable bonds is 2. The van der Waals surface area contributed by atoms with E-state index in [-0.39, 0.29) is 5.91 Å². The summed E-state index contributed by atoms with van der Waals surface area (Å²) >= 11 is 0. The van der Waals surface area contributed by atoms with E-state index in [1.165, 1.54) is 0 Å². The first-order chi connectivity index (χ1) is 7.52. The molecule has 1 amide bonds. The molecule has 0 aromatic heterocycles. The second-order valence-corrected chi connectivity index (χ2v) is 4.53. The Labute approximate surface area is 95.6 Å². The van der Waals surface area contributed by atoms with E-state index in [1.807, 2.05) is 12.1 Å². The molecule has 0 aliphatic carbocycles. The monoisotopic (exact) mass is 216 g/mol. The number of fused-ring (bicyclic) bond motifs is 1. The largest absolute Gasteiger partial charge is 0.398 e. The summed E-state index contributed by atoms with van der Waals surface area (Å²) in [6, 6.07) is 5.50. The van der Waals surface area contributed by atoms with Gasteiger partial charge in [0.2, 0.25) is 0 Å². The molecule has 0 saturated carbocycles. The Morgan fingerprint density at radius 1 is 1.44 bits per heavy atom. The molecule has 1 aromatic rings. The third-order valence-corrected chi connectivity index (χ3v) is 2.74. The van der Waals surface area contributed by atoms with Crippen LogP contribution >= 0.6 is 0 Å². The first-order valence-electron chi connectivity index (χ1n) is 5.42. The summed E-state index contributed by atoms with van der Waals surface area (Å²) in [6.45, 7) is 8.81. The average molecular weight is 216 g/mol. The van der Waals surface area contributed by atoms with Gasteiger partial charge in [0.25, 0.3) is 5.91 Å². The van der Waals surface area contributed by atoms with Crippen molar-refractivity contribution in [2.75, 3.05) is 12.3 Å². The summed E-state index contributed by atoms with van der Waals surface area (Å²) in [6.07, 6.45) is 0. The Balaban J connectivity index is 2.45. The van der Waals surface area contributed by atoms with Gasteiger partial charge >= 0.3 is 0 Å². The standard InChI is InChI=1S/C13H16N2O/c1-8(2)7-15-9(3)10-5-4-6-11(14)12(10)13(15)16/h4-6,8H,3,7,14H2,1-2H3. The van der Waals surface area contributed by atoms with Crippen LogP contribution in [0.3, 0.4) is 0 Å². The fraction of sp³-hybridized carbons (Fsp3) is 0.308. The zero-order chi connectivity index (χ0) is 11.9. The highest BCUT2D eigenvalue weighted by Gasteiger charge is 2.32. The van der Waals surface area contributed by atoms with E-state index in [4.69, 9.17) is 5.73 Å². The average Bonchev–Trinajstić information content (AvgIpc) is 2.44. The molecule has 3 heteroatoms. The first-order valence-corrected chi connectivity index (χ1v) is 5.42. The maximum Gasteiger partial charge on any atom is 0.261 e. The zero-order valence-corrected chi connectivity index (χ0v) is 9.66. The quantitative estimate of drug-likeness (QED) is 0.771. The van der Waals surface area contributed by atoms with E-state index in [2.05, 4.69) is 20.4 Å². The number of anilines is 1. The lowest BCUT2D eigenvalue weighted by molar-refractivity contribution is 0.0839. The lowest BCUT2D eigenvalue weighted by Crippen LogP contribution is -2.27. The molecular weight excluding hydrogens is 200 g/mol. The molecule has 16 heavy (non-hydrogen) atoms. The van der Waals surface area contributed by atoms with Gasteiger partial charge in [-0.15, -0.1) is 0 Å². The van der Waals surface area contributed by atoms with Crippen LogP contribution in [-0.4, -0.2) is 17.4 Å². The Morgan fingerprint density at radius 3 is 2.69 bits per heavy atom. The molecule has 1 aliphatic rings. The van der Waals surface area contributed by atoms with Crippen LogP contribution in [0.4, 0.5) is 5.69 Å². The molecule has 1 aromatic carbocycles. The predicted octanol–water partition coefficient (Wildman–Crippen LogP) is 2.35. The number of amides is 1. The number of hydrogen-bond acceptors (Lipinski definition) is 2. The minimum absolute atomic E-state index is 0.0215. The van der Waals surface area contributed by atoms with Crippen molar-refractivity contribution in [3.63, 3.8) is 0 Å². The number of hydrogen-bond donors (Lipinski definition) is 1. The highest BCUT2D eigenvalue weighted by molar-refractivity contribution is 6.12. The summed E-state index contributed by atoms with van der Waals surface area (Å²) in [5.74, 6) is 0.392. The number of benzene rings is 1. The van der Waals surface area contributed by atoms with Gasteiger partial charge < -0.3 is 10.6 Å². The summed E-state index contributed by atoms with van der Waals surface area (Å²) in [4.78, 5) is 13.9. The van der Waals surface area contributed by atoms with Gasteiger partial charge in [0.15, 0.2) is 0 Å². The molecule has 0 unspecified atom stereocenters. The molecule has 0 radical (unpaired) electrons. The smallest absolute Gasteiger partial charge is 0.261 e. The van der Waals surface area contributed by atoms with Crippen molar-refractivity contribution in [3.05, 3.63) is 35.9 Å². The molecule has 2 N–H and O–H groups in total. The van der Waals surface area contributed by atoms with Crippen LogP contribution in [0.2, 0.25) is 0 Å². The molecule has 0 saturated heterocycles. The Hall–Kier alpha value is -1.77. The normalized spacial score (nSPS) is 14.8. The van der Waals surface area contributed by atoms with E-state index in [9.17, 15) is 4.79 Å². The summed E-state index contributed by atoms with van der Waals surface area (Å²) < 4.78 is 0. The molecular formula is C13H16N2O. The number of carbonyl (C=O) groups excluding carboxylic acids is 1. The zero-order valence-electron chi connectivity index (χ0n) is 9.66. The van der Waals surface area contributed by atoms with Crippen LogP contribution in [0.25, 0.3) is 5.70 Å². The van der Waals surface area contributed by atoms with Gasteiger partial charge in [-0.05, 0) is 12.0 Å². The molecule has 1 heterocycles. The molecule has 2 rings (SSSR count). The molecule has 0 bridgehead atoms. The van der Waals surface area contributed by atoms with Crippen LogP contribution in [-0.2, 0) is 0 Å². The van der Waals surface area contributed by atoms with Crippen LogP contribution in [0.15, 0.2) is 24.8 Å². The minimum atomic E-state index is -0.0215. The van der Waals surface area contributed by atoms with Crippen molar-refractivity contribution in [2.45, 2.75) is 13.8 Å². The SMILES string of the molecule is C=C1c2cccc(N)c2C(=O)N1CC(C)C. The van der Waals surface area contributed by atoms with Crippen molar-refractivity contribution >= 4 is 17.3 Å². The van der Waals surface area contributed by atoms with Gasteiger partial charge in [-0.1, -0.05) is 32.6 Å². The van der Waals surface area contributed by atoms with Crippen LogP contribution in [0.5, 0.6) is 0 Å². The minimum Gasteiger partial charge on any atom is -0.398 e. The van der Waals surface area contributed by atoms with E-state index < -0.39 is 0 Å². The van der Waals surface area contributed by atoms with Crippen molar-refractivity contribution in [1.82, 2.24) is 4.90 Å². The van der Waals surface area contributed by atoms with E-state index in [0.717, 1.165) is 11.3 Å². The van der Waals surface area contributed by atoms with Crippen molar-refractivity contribution in [1.29, 1.82) is 0 Å². The van der Waals surface area contributed by atoms with Crippen LogP contribution in [0.1, 0.15) is 29.8 Å². The second kappa shape index (κ2) is 3.67. The van der Waals surface area contributed by atoms with E-state index in [0.29, 0.717) is 23.7 Å². The van der Waals surface area contributed by atoms with E-state index in [1.54, 1.807) is 11.0 Å². The second-order valence-electron chi connectivity index (χ2n) is 4.53. The number of nitrogens with zero attached hydrogens (tertiary/aromatic N) is 1.